The SMILES string of the molecule is CN1CC[C@]23c4c5ccc(O)c4OC2C(=O)C=C[C@@]3(O)[C@H]1C5.COC1=CC=C2[C@H]3Cc4ccc(O)c5c4[C@@]2(CCN3C)C1O5.O=S(=O)(O)O.O=S(=O)(O)[OH2+]. The van der Waals surface area contributed by atoms with Crippen LogP contribution >= 0.6 is 0 Å². The molecule has 2 spiro atoms. The van der Waals surface area contributed by atoms with Crippen molar-refractivity contribution in [2.75, 3.05) is 34.3 Å². The molecule has 4 aliphatic heterocycles. The van der Waals surface area contributed by atoms with Crippen LogP contribution in [0.15, 0.2) is 59.9 Å². The zero-order chi connectivity index (χ0) is 39.3. The number of aromatic hydroxyl groups is 2. The molecule has 2 fully saturated rings. The molecule has 0 aromatic heterocycles. The molecule has 17 nitrogen and oxygen atoms in total. The molecule has 7 atom stereocenters. The average Bonchev–Trinajstić information content (AvgIpc) is 3.62. The van der Waals surface area contributed by atoms with E-state index in [1.807, 2.05) is 19.2 Å². The molecule has 0 saturated carbocycles. The van der Waals surface area contributed by atoms with Crippen LogP contribution in [0, 0.1) is 0 Å². The second-order valence-corrected chi connectivity index (χ2v) is 16.5. The van der Waals surface area contributed by atoms with Crippen molar-refractivity contribution in [1.82, 2.24) is 9.80 Å². The van der Waals surface area contributed by atoms with Crippen molar-refractivity contribution in [2.45, 2.75) is 66.4 Å². The number of benzene rings is 2. The van der Waals surface area contributed by atoms with Gasteiger partial charge in [-0.25, -0.2) is 4.55 Å². The van der Waals surface area contributed by atoms with Gasteiger partial charge in [-0.3, -0.25) is 23.7 Å². The lowest BCUT2D eigenvalue weighted by Gasteiger charge is -2.60. The van der Waals surface area contributed by atoms with E-state index in [9.17, 15) is 20.1 Å². The Morgan fingerprint density at radius 1 is 0.852 bits per heavy atom. The van der Waals surface area contributed by atoms with E-state index in [1.165, 1.54) is 22.8 Å². The van der Waals surface area contributed by atoms with Gasteiger partial charge < -0.3 is 34.1 Å². The largest absolute Gasteiger partial charge is 0.526 e. The van der Waals surface area contributed by atoms with Crippen molar-refractivity contribution < 1.29 is 69.4 Å². The van der Waals surface area contributed by atoms with Crippen LogP contribution < -0.4 is 9.47 Å². The van der Waals surface area contributed by atoms with E-state index in [4.69, 9.17) is 49.3 Å². The number of allylic oxidation sites excluding steroid dienone is 2. The summed E-state index contributed by atoms with van der Waals surface area (Å²) >= 11 is 0. The molecular weight excluding hydrogens is 753 g/mol. The van der Waals surface area contributed by atoms with Crippen LogP contribution in [0.5, 0.6) is 23.0 Å². The highest BCUT2D eigenvalue weighted by atomic mass is 32.3. The molecule has 8 N–H and O–H groups in total. The Balaban J connectivity index is 0.000000134. The highest BCUT2D eigenvalue weighted by Crippen LogP contribution is 2.64. The van der Waals surface area contributed by atoms with Crippen molar-refractivity contribution in [2.24, 2.45) is 0 Å². The Morgan fingerprint density at radius 2 is 1.41 bits per heavy atom. The third-order valence-corrected chi connectivity index (χ3v) is 12.1. The van der Waals surface area contributed by atoms with Gasteiger partial charge in [-0.2, -0.15) is 8.42 Å². The number of methoxy groups -OCH3 is 1. The number of phenolic OH excluding ortho intramolecular Hbond substituents is 2. The van der Waals surface area contributed by atoms with Crippen LogP contribution in [0.3, 0.4) is 0 Å². The van der Waals surface area contributed by atoms with Gasteiger partial charge in [0.2, 0.25) is 0 Å². The smallest absolute Gasteiger partial charge is 0.504 e. The molecule has 2 aromatic carbocycles. The predicted octanol–water partition coefficient (Wildman–Crippen LogP) is 0.504. The number of piperidine rings is 2. The molecule has 4 aliphatic carbocycles. The van der Waals surface area contributed by atoms with Gasteiger partial charge in [-0.05, 0) is 99.9 Å². The first-order chi connectivity index (χ1) is 25.2. The van der Waals surface area contributed by atoms with Gasteiger partial charge in [0.25, 0.3) is 0 Å². The fourth-order valence-electron chi connectivity index (χ4n) is 10.1. The number of carbonyl (C=O) groups excluding carboxylic acids is 1. The van der Waals surface area contributed by atoms with E-state index < -0.39 is 37.9 Å². The number of nitrogens with zero attached hydrogens (tertiary/aromatic N) is 2. The lowest BCUT2D eigenvalue weighted by Crippen LogP contribution is -2.74. The third-order valence-electron chi connectivity index (χ3n) is 12.1. The normalized spacial score (nSPS) is 33.0. The van der Waals surface area contributed by atoms with Gasteiger partial charge in [-0.1, -0.05) is 18.2 Å². The summed E-state index contributed by atoms with van der Waals surface area (Å²) in [5.41, 5.74) is 3.80. The summed E-state index contributed by atoms with van der Waals surface area (Å²) in [6, 6.07) is 7.69. The number of rotatable bonds is 1. The van der Waals surface area contributed by atoms with Gasteiger partial charge in [0.1, 0.15) is 11.4 Å². The minimum Gasteiger partial charge on any atom is -0.504 e. The van der Waals surface area contributed by atoms with E-state index in [-0.39, 0.29) is 34.8 Å². The molecule has 4 bridgehead atoms. The number of aliphatic hydroxyl groups is 1. The summed E-state index contributed by atoms with van der Waals surface area (Å²) in [5.74, 6) is 2.08. The maximum absolute atomic E-state index is 12.4. The van der Waals surface area contributed by atoms with Crippen molar-refractivity contribution in [3.8, 4) is 23.0 Å². The molecule has 2 unspecified atom stereocenters. The molecule has 0 amide bonds. The van der Waals surface area contributed by atoms with E-state index in [0.717, 1.165) is 42.8 Å². The number of ether oxygens (including phenoxy) is 3. The quantitative estimate of drug-likeness (QED) is 0.170. The van der Waals surface area contributed by atoms with Crippen LogP contribution in [0.25, 0.3) is 0 Å². The first-order valence-electron chi connectivity index (χ1n) is 16.9. The highest BCUT2D eigenvalue weighted by molar-refractivity contribution is 7.80. The summed E-state index contributed by atoms with van der Waals surface area (Å²) in [5, 5.41) is 32.0. The van der Waals surface area contributed by atoms with Crippen molar-refractivity contribution in [3.63, 3.8) is 0 Å². The van der Waals surface area contributed by atoms with Gasteiger partial charge >= 0.3 is 20.8 Å². The number of carbonyl (C=O) groups is 1. The minimum atomic E-state index is -4.67. The zero-order valence-corrected chi connectivity index (χ0v) is 31.0. The second-order valence-electron chi connectivity index (χ2n) is 14.6. The van der Waals surface area contributed by atoms with E-state index in [1.54, 1.807) is 25.3 Å². The zero-order valence-electron chi connectivity index (χ0n) is 29.3. The predicted molar refractivity (Wildman–Crippen MR) is 189 cm³/mol. The van der Waals surface area contributed by atoms with Gasteiger partial charge in [0.05, 0.1) is 17.9 Å². The number of likely N-dealkylation sites (N-methyl/N-ethyl adjacent to an activating group) is 2. The van der Waals surface area contributed by atoms with Gasteiger partial charge in [0.15, 0.2) is 41.0 Å². The average molecular weight is 794 g/mol. The molecule has 54 heavy (non-hydrogen) atoms. The third kappa shape index (κ3) is 5.72. The highest BCUT2D eigenvalue weighted by Gasteiger charge is 2.71. The molecule has 0 radical (unpaired) electrons. The molecule has 292 valence electrons. The fraction of sp³-hybridized carbons (Fsp3) is 0.457. The fourth-order valence-corrected chi connectivity index (χ4v) is 10.1. The second kappa shape index (κ2) is 12.8. The summed E-state index contributed by atoms with van der Waals surface area (Å²) in [7, 11) is -3.17. The standard InChI is InChI=1S/C18H19NO3.C17H17NO4.2H2O4S/c1-19-8-7-18-11-4-6-14(21-2)17(18)22-16-13(20)5-3-10(15(16)18)9-12(11)19;1-18-7-6-16-13-9-2-3-10(19)14(13)22-15(16)11(20)4-5-17(16,21)12(18)8-9;2*1-5(2,3)4/h3-6,12,17,20H,7-9H2,1-2H3;2-5,12,15,19,21H,6-8H2,1H3;2*(H2,1,2,3,4)/p+1/t12-,17?,18+;12-,15?,16+,17-;;/m11../s1. The molecular formula is C35H41N2O15S2+. The number of likely N-dealkylation sites (tertiary alicyclic amines) is 2. The molecule has 2 saturated heterocycles. The Labute approximate surface area is 310 Å². The van der Waals surface area contributed by atoms with E-state index in [2.05, 4.69) is 29.0 Å². The summed E-state index contributed by atoms with van der Waals surface area (Å²) < 4.78 is 79.7. The lowest BCUT2D eigenvalue weighted by molar-refractivity contribution is -0.151. The van der Waals surface area contributed by atoms with Gasteiger partial charge in [0, 0.05) is 23.2 Å². The van der Waals surface area contributed by atoms with Crippen molar-refractivity contribution >= 4 is 26.6 Å². The Kier molecular flexibility index (Phi) is 9.03. The van der Waals surface area contributed by atoms with Crippen LogP contribution in [-0.4, -0.2) is 130 Å². The lowest BCUT2D eigenvalue weighted by atomic mass is 9.51. The maximum Gasteiger partial charge on any atom is 0.526 e. The number of ketones is 1. The molecule has 10 rings (SSSR count). The van der Waals surface area contributed by atoms with E-state index in [0.29, 0.717) is 30.4 Å². The number of hydrogen-bond donors (Lipinski definition) is 6. The summed E-state index contributed by atoms with van der Waals surface area (Å²) in [6.07, 6.45) is 9.81. The van der Waals surface area contributed by atoms with Crippen LogP contribution in [0.1, 0.15) is 35.1 Å². The Bertz CT molecular complexity index is 2210. The van der Waals surface area contributed by atoms with Gasteiger partial charge in [-0.15, -0.1) is 8.42 Å². The molecule has 8 aliphatic rings. The summed E-state index contributed by atoms with van der Waals surface area (Å²) in [6.45, 7) is 1.83. The van der Waals surface area contributed by atoms with Crippen LogP contribution in [0.2, 0.25) is 0 Å². The Morgan fingerprint density at radius 3 is 2.02 bits per heavy atom. The number of hydrogen-bond acceptors (Lipinski definition) is 13. The monoisotopic (exact) mass is 793 g/mol. The van der Waals surface area contributed by atoms with Crippen molar-refractivity contribution in [1.29, 1.82) is 0 Å². The first kappa shape index (κ1) is 38.2. The molecule has 2 aromatic rings. The maximum atomic E-state index is 12.4. The molecule has 19 heteroatoms. The first-order valence-corrected chi connectivity index (χ1v) is 19.8. The Hall–Kier alpha value is -4.05. The minimum absolute atomic E-state index is 0.0510. The summed E-state index contributed by atoms with van der Waals surface area (Å²) in [4.78, 5) is 17.0. The molecule has 4 heterocycles. The van der Waals surface area contributed by atoms with Crippen LogP contribution in [-0.2, 0) is 54.0 Å². The van der Waals surface area contributed by atoms with E-state index >= 15 is 0 Å². The number of phenols is 2. The van der Waals surface area contributed by atoms with Crippen LogP contribution in [0.4, 0.5) is 0 Å². The van der Waals surface area contributed by atoms with Crippen molar-refractivity contribution in [3.05, 3.63) is 82.2 Å². The topological polar surface area (TPSA) is 264 Å².